The van der Waals surface area contributed by atoms with Crippen LogP contribution in [0.5, 0.6) is 0 Å². The van der Waals surface area contributed by atoms with E-state index in [1.54, 1.807) is 11.3 Å². The molecule has 0 bridgehead atoms. The first-order chi connectivity index (χ1) is 12.8. The number of anilines is 1. The third kappa shape index (κ3) is 3.67. The van der Waals surface area contributed by atoms with Crippen molar-refractivity contribution in [2.24, 2.45) is 0 Å². The molecule has 0 atom stereocenters. The molecule has 0 radical (unpaired) electrons. The lowest BCUT2D eigenvalue weighted by Crippen LogP contribution is -2.43. The molecule has 1 aromatic carbocycles. The van der Waals surface area contributed by atoms with Gasteiger partial charge in [0.1, 0.15) is 6.54 Å². The zero-order valence-electron chi connectivity index (χ0n) is 14.5. The van der Waals surface area contributed by atoms with Crippen molar-refractivity contribution in [1.29, 1.82) is 0 Å². The van der Waals surface area contributed by atoms with E-state index in [9.17, 15) is 4.79 Å². The third-order valence-electron chi connectivity index (χ3n) is 4.75. The summed E-state index contributed by atoms with van der Waals surface area (Å²) in [6, 6.07) is 12.1. The normalized spacial score (nSPS) is 15.1. The maximum atomic E-state index is 13.1. The van der Waals surface area contributed by atoms with Gasteiger partial charge in [-0.2, -0.15) is 16.1 Å². The van der Waals surface area contributed by atoms with Crippen LogP contribution >= 0.6 is 11.3 Å². The number of carbonyl (C=O) groups is 1. The van der Waals surface area contributed by atoms with E-state index in [0.717, 1.165) is 24.1 Å². The van der Waals surface area contributed by atoms with Gasteiger partial charge in [-0.25, -0.2) is 0 Å². The number of rotatable bonds is 5. The van der Waals surface area contributed by atoms with E-state index < -0.39 is 0 Å². The summed E-state index contributed by atoms with van der Waals surface area (Å²) in [5.74, 6) is 0.570. The highest BCUT2D eigenvalue weighted by atomic mass is 32.1. The van der Waals surface area contributed by atoms with Gasteiger partial charge in [-0.1, -0.05) is 37.5 Å². The number of thiophene rings is 1. The standard InChI is InChI=1S/C19H21N5OS/c25-18(13-23-21-19(20-22-23)15-11-12-26-14-15)24(16-7-3-1-4-8-16)17-9-5-2-6-10-17/h1,3-4,7-8,11-12,14,17H,2,5-6,9-10,13H2. The van der Waals surface area contributed by atoms with Crippen molar-refractivity contribution in [2.75, 3.05) is 4.90 Å². The molecule has 0 spiro atoms. The average molecular weight is 367 g/mol. The van der Waals surface area contributed by atoms with E-state index in [1.807, 2.05) is 52.1 Å². The molecule has 0 saturated heterocycles. The quantitative estimate of drug-likeness (QED) is 0.689. The Hall–Kier alpha value is -2.54. The number of amides is 1. The number of nitrogens with zero attached hydrogens (tertiary/aromatic N) is 5. The number of hydrogen-bond acceptors (Lipinski definition) is 5. The van der Waals surface area contributed by atoms with Gasteiger partial charge in [0, 0.05) is 22.7 Å². The Balaban J connectivity index is 1.54. The van der Waals surface area contributed by atoms with Gasteiger partial charge in [0.15, 0.2) is 0 Å². The van der Waals surface area contributed by atoms with Gasteiger partial charge in [0.25, 0.3) is 5.91 Å². The van der Waals surface area contributed by atoms with Crippen LogP contribution in [0.2, 0.25) is 0 Å². The predicted molar refractivity (Wildman–Crippen MR) is 102 cm³/mol. The van der Waals surface area contributed by atoms with Crippen LogP contribution in [0.4, 0.5) is 5.69 Å². The molecular weight excluding hydrogens is 346 g/mol. The van der Waals surface area contributed by atoms with E-state index in [-0.39, 0.29) is 18.5 Å². The van der Waals surface area contributed by atoms with E-state index in [0.29, 0.717) is 5.82 Å². The third-order valence-corrected chi connectivity index (χ3v) is 5.44. The molecule has 7 heteroatoms. The van der Waals surface area contributed by atoms with Crippen molar-refractivity contribution in [3.8, 4) is 11.4 Å². The minimum absolute atomic E-state index is 0.0115. The maximum absolute atomic E-state index is 13.1. The molecule has 1 saturated carbocycles. The molecule has 0 aliphatic heterocycles. The molecule has 0 unspecified atom stereocenters. The molecule has 2 aromatic heterocycles. The minimum atomic E-state index is 0.0115. The summed E-state index contributed by atoms with van der Waals surface area (Å²) in [6.07, 6.45) is 5.69. The molecule has 134 valence electrons. The SMILES string of the molecule is O=C(Cn1nnc(-c2ccsc2)n1)N(c1ccccc1)C1CCCCC1. The summed E-state index contributed by atoms with van der Waals surface area (Å²) >= 11 is 1.59. The molecule has 26 heavy (non-hydrogen) atoms. The second kappa shape index (κ2) is 7.78. The van der Waals surface area contributed by atoms with Crippen LogP contribution in [0.25, 0.3) is 11.4 Å². The fourth-order valence-corrected chi connectivity index (χ4v) is 4.14. The van der Waals surface area contributed by atoms with Gasteiger partial charge in [0.05, 0.1) is 0 Å². The Bertz CT molecular complexity index is 840. The van der Waals surface area contributed by atoms with E-state index in [1.165, 1.54) is 24.1 Å². The monoisotopic (exact) mass is 367 g/mol. The largest absolute Gasteiger partial charge is 0.308 e. The molecule has 4 rings (SSSR count). The Morgan fingerprint density at radius 3 is 2.69 bits per heavy atom. The summed E-state index contributed by atoms with van der Waals surface area (Å²) in [7, 11) is 0. The van der Waals surface area contributed by atoms with Crippen molar-refractivity contribution in [3.05, 3.63) is 47.2 Å². The second-order valence-electron chi connectivity index (χ2n) is 6.55. The van der Waals surface area contributed by atoms with Crippen LogP contribution < -0.4 is 4.90 Å². The number of aromatic nitrogens is 4. The topological polar surface area (TPSA) is 63.9 Å². The van der Waals surface area contributed by atoms with Crippen LogP contribution in [0.15, 0.2) is 47.2 Å². The highest BCUT2D eigenvalue weighted by Gasteiger charge is 2.27. The number of para-hydroxylation sites is 1. The zero-order chi connectivity index (χ0) is 17.8. The Labute approximate surface area is 156 Å². The number of benzene rings is 1. The van der Waals surface area contributed by atoms with Crippen LogP contribution in [0, 0.1) is 0 Å². The Kier molecular flexibility index (Phi) is 5.06. The first-order valence-corrected chi connectivity index (χ1v) is 9.93. The van der Waals surface area contributed by atoms with Crippen molar-refractivity contribution in [1.82, 2.24) is 20.2 Å². The van der Waals surface area contributed by atoms with Crippen LogP contribution in [0.1, 0.15) is 32.1 Å². The van der Waals surface area contributed by atoms with Crippen LogP contribution in [-0.2, 0) is 11.3 Å². The van der Waals surface area contributed by atoms with Crippen LogP contribution in [-0.4, -0.2) is 32.2 Å². The predicted octanol–water partition coefficient (Wildman–Crippen LogP) is 3.77. The smallest absolute Gasteiger partial charge is 0.250 e. The fraction of sp³-hybridized carbons (Fsp3) is 0.368. The summed E-state index contributed by atoms with van der Waals surface area (Å²) in [6.45, 7) is 0.0997. The van der Waals surface area contributed by atoms with Crippen molar-refractivity contribution in [3.63, 3.8) is 0 Å². The Morgan fingerprint density at radius 1 is 1.15 bits per heavy atom. The molecular formula is C19H21N5OS. The van der Waals surface area contributed by atoms with Crippen molar-refractivity contribution >= 4 is 22.9 Å². The first kappa shape index (κ1) is 16.9. The summed E-state index contributed by atoms with van der Waals surface area (Å²) in [5.41, 5.74) is 1.88. The lowest BCUT2D eigenvalue weighted by molar-refractivity contribution is -0.120. The molecule has 2 heterocycles. The van der Waals surface area contributed by atoms with Gasteiger partial charge < -0.3 is 4.90 Å². The number of tetrazole rings is 1. The minimum Gasteiger partial charge on any atom is -0.308 e. The van der Waals surface area contributed by atoms with Gasteiger partial charge in [-0.15, -0.1) is 10.2 Å². The molecule has 0 N–H and O–H groups in total. The van der Waals surface area contributed by atoms with Crippen molar-refractivity contribution in [2.45, 2.75) is 44.7 Å². The molecule has 1 aliphatic carbocycles. The zero-order valence-corrected chi connectivity index (χ0v) is 15.3. The van der Waals surface area contributed by atoms with E-state index >= 15 is 0 Å². The number of hydrogen-bond donors (Lipinski definition) is 0. The highest BCUT2D eigenvalue weighted by Crippen LogP contribution is 2.27. The lowest BCUT2D eigenvalue weighted by atomic mass is 9.93. The molecule has 1 fully saturated rings. The van der Waals surface area contributed by atoms with Gasteiger partial charge >= 0.3 is 0 Å². The summed E-state index contributed by atoms with van der Waals surface area (Å²) < 4.78 is 0. The van der Waals surface area contributed by atoms with Crippen LogP contribution in [0.3, 0.4) is 0 Å². The molecule has 1 amide bonds. The second-order valence-corrected chi connectivity index (χ2v) is 7.33. The molecule has 1 aliphatic rings. The van der Waals surface area contributed by atoms with Gasteiger partial charge in [0.2, 0.25) is 5.82 Å². The first-order valence-electron chi connectivity index (χ1n) is 8.99. The fourth-order valence-electron chi connectivity index (χ4n) is 3.50. The van der Waals surface area contributed by atoms with Crippen molar-refractivity contribution < 1.29 is 4.79 Å². The Morgan fingerprint density at radius 2 is 1.96 bits per heavy atom. The average Bonchev–Trinajstić information content (AvgIpc) is 3.35. The molecule has 3 aromatic rings. The lowest BCUT2D eigenvalue weighted by Gasteiger charge is -2.34. The van der Waals surface area contributed by atoms with Gasteiger partial charge in [-0.05, 0) is 41.6 Å². The summed E-state index contributed by atoms with van der Waals surface area (Å²) in [5, 5.41) is 16.5. The maximum Gasteiger partial charge on any atom is 0.250 e. The molecule has 6 nitrogen and oxygen atoms in total. The summed E-state index contributed by atoms with van der Waals surface area (Å²) in [4.78, 5) is 16.4. The highest BCUT2D eigenvalue weighted by molar-refractivity contribution is 7.08. The number of carbonyl (C=O) groups excluding carboxylic acids is 1. The van der Waals surface area contributed by atoms with Gasteiger partial charge in [-0.3, -0.25) is 4.79 Å². The van der Waals surface area contributed by atoms with E-state index in [2.05, 4.69) is 15.4 Å². The van der Waals surface area contributed by atoms with E-state index in [4.69, 9.17) is 0 Å².